The number of rotatable bonds is 2. The monoisotopic (exact) mass is 247 g/mol. The largest absolute Gasteiger partial charge is 0.331 e. The Hall–Kier alpha value is -1.88. The summed E-state index contributed by atoms with van der Waals surface area (Å²) in [6.07, 6.45) is 0. The fraction of sp³-hybridized carbons (Fsp3) is 0.167. The number of nitrogens with zero attached hydrogens (tertiary/aromatic N) is 2. The summed E-state index contributed by atoms with van der Waals surface area (Å²) < 4.78 is 4.31. The third kappa shape index (κ3) is 2.82. The fourth-order valence-corrected chi connectivity index (χ4v) is 1.95. The van der Waals surface area contributed by atoms with E-state index in [0.717, 1.165) is 16.3 Å². The average Bonchev–Trinajstić information content (AvgIpc) is 2.78. The molecule has 0 fully saturated rings. The van der Waals surface area contributed by atoms with Crippen LogP contribution in [0.3, 0.4) is 0 Å². The lowest BCUT2D eigenvalue weighted by Gasteiger charge is -2.09. The SMILES string of the molecule is CN(C)C(=O)Nc1cc(-c2ccccc2)ns1. The zero-order valence-electron chi connectivity index (χ0n) is 9.68. The maximum Gasteiger partial charge on any atom is 0.321 e. The van der Waals surface area contributed by atoms with Crippen LogP contribution in [0.5, 0.6) is 0 Å². The standard InChI is InChI=1S/C12H13N3OS/c1-15(2)12(16)13-11-8-10(14-17-11)9-6-4-3-5-7-9/h3-8H,1-2H3,(H,13,16). The molecule has 17 heavy (non-hydrogen) atoms. The van der Waals surface area contributed by atoms with Gasteiger partial charge in [-0.15, -0.1) is 0 Å². The molecule has 2 rings (SSSR count). The van der Waals surface area contributed by atoms with Gasteiger partial charge in [0.2, 0.25) is 0 Å². The first-order valence-electron chi connectivity index (χ1n) is 5.17. The van der Waals surface area contributed by atoms with Crippen molar-refractivity contribution in [2.45, 2.75) is 0 Å². The lowest BCUT2D eigenvalue weighted by Crippen LogP contribution is -2.26. The van der Waals surface area contributed by atoms with Crippen LogP contribution in [0.25, 0.3) is 11.3 Å². The average molecular weight is 247 g/mol. The lowest BCUT2D eigenvalue weighted by molar-refractivity contribution is 0.231. The van der Waals surface area contributed by atoms with Crippen LogP contribution >= 0.6 is 11.5 Å². The van der Waals surface area contributed by atoms with Crippen molar-refractivity contribution in [3.8, 4) is 11.3 Å². The number of nitrogens with one attached hydrogen (secondary N) is 1. The maximum absolute atomic E-state index is 11.5. The van der Waals surface area contributed by atoms with Gasteiger partial charge in [-0.05, 0) is 11.5 Å². The molecule has 0 aliphatic heterocycles. The molecule has 0 spiro atoms. The van der Waals surface area contributed by atoms with Crippen LogP contribution in [0.4, 0.5) is 9.80 Å². The molecule has 1 heterocycles. The number of anilines is 1. The molecule has 2 amide bonds. The van der Waals surface area contributed by atoms with E-state index in [1.54, 1.807) is 14.1 Å². The van der Waals surface area contributed by atoms with Crippen LogP contribution in [0.1, 0.15) is 0 Å². The van der Waals surface area contributed by atoms with Crippen molar-refractivity contribution in [3.63, 3.8) is 0 Å². The molecule has 0 saturated heterocycles. The van der Waals surface area contributed by atoms with E-state index in [-0.39, 0.29) is 6.03 Å². The van der Waals surface area contributed by atoms with Gasteiger partial charge in [0.05, 0.1) is 5.69 Å². The molecule has 1 N–H and O–H groups in total. The molecule has 88 valence electrons. The Labute approximate surface area is 104 Å². The zero-order valence-corrected chi connectivity index (χ0v) is 10.5. The van der Waals surface area contributed by atoms with Gasteiger partial charge < -0.3 is 4.90 Å². The van der Waals surface area contributed by atoms with E-state index < -0.39 is 0 Å². The van der Waals surface area contributed by atoms with E-state index >= 15 is 0 Å². The van der Waals surface area contributed by atoms with E-state index in [4.69, 9.17) is 0 Å². The third-order valence-corrected chi connectivity index (χ3v) is 2.92. The molecule has 1 aromatic carbocycles. The summed E-state index contributed by atoms with van der Waals surface area (Å²) >= 11 is 1.28. The molecule has 0 radical (unpaired) electrons. The van der Waals surface area contributed by atoms with Crippen LogP contribution in [-0.2, 0) is 0 Å². The summed E-state index contributed by atoms with van der Waals surface area (Å²) in [4.78, 5) is 12.9. The van der Waals surface area contributed by atoms with Crippen LogP contribution < -0.4 is 5.32 Å². The smallest absolute Gasteiger partial charge is 0.321 e. The van der Waals surface area contributed by atoms with Gasteiger partial charge in [0, 0.05) is 25.7 Å². The predicted octanol–water partition coefficient (Wildman–Crippen LogP) is 2.90. The van der Waals surface area contributed by atoms with E-state index in [0.29, 0.717) is 0 Å². The second kappa shape index (κ2) is 4.97. The number of benzene rings is 1. The second-order valence-electron chi connectivity index (χ2n) is 3.77. The summed E-state index contributed by atoms with van der Waals surface area (Å²) in [7, 11) is 3.41. The summed E-state index contributed by atoms with van der Waals surface area (Å²) in [6, 6.07) is 11.6. The Balaban J connectivity index is 2.14. The Bertz CT molecular complexity index is 507. The highest BCUT2D eigenvalue weighted by molar-refractivity contribution is 7.10. The minimum atomic E-state index is -0.145. The molecular weight excluding hydrogens is 234 g/mol. The van der Waals surface area contributed by atoms with E-state index in [9.17, 15) is 4.79 Å². The van der Waals surface area contributed by atoms with Crippen LogP contribution in [0.15, 0.2) is 36.4 Å². The van der Waals surface area contributed by atoms with Crippen molar-refractivity contribution >= 4 is 22.6 Å². The van der Waals surface area contributed by atoms with Crippen LogP contribution in [-0.4, -0.2) is 29.4 Å². The zero-order chi connectivity index (χ0) is 12.3. The first-order chi connectivity index (χ1) is 8.16. The highest BCUT2D eigenvalue weighted by Crippen LogP contribution is 2.25. The van der Waals surface area contributed by atoms with Crippen molar-refractivity contribution < 1.29 is 4.79 Å². The molecule has 0 saturated carbocycles. The molecule has 2 aromatic rings. The van der Waals surface area contributed by atoms with Gasteiger partial charge in [-0.2, -0.15) is 4.37 Å². The van der Waals surface area contributed by atoms with Gasteiger partial charge in [0.1, 0.15) is 5.00 Å². The van der Waals surface area contributed by atoms with Gasteiger partial charge in [0.25, 0.3) is 0 Å². The van der Waals surface area contributed by atoms with Crippen LogP contribution in [0.2, 0.25) is 0 Å². The third-order valence-electron chi connectivity index (χ3n) is 2.22. The molecule has 4 nitrogen and oxygen atoms in total. The highest BCUT2D eigenvalue weighted by atomic mass is 32.1. The van der Waals surface area contributed by atoms with Crippen molar-refractivity contribution in [1.82, 2.24) is 9.27 Å². The number of urea groups is 1. The van der Waals surface area contributed by atoms with E-state index in [1.165, 1.54) is 16.4 Å². The summed E-state index contributed by atoms with van der Waals surface area (Å²) in [5.41, 5.74) is 1.93. The molecule has 0 aliphatic carbocycles. The topological polar surface area (TPSA) is 45.2 Å². The fourth-order valence-electron chi connectivity index (χ4n) is 1.30. The van der Waals surface area contributed by atoms with Gasteiger partial charge in [-0.1, -0.05) is 30.3 Å². The highest BCUT2D eigenvalue weighted by Gasteiger charge is 2.08. The quantitative estimate of drug-likeness (QED) is 0.886. The van der Waals surface area contributed by atoms with E-state index in [2.05, 4.69) is 9.69 Å². The molecule has 0 unspecified atom stereocenters. The first kappa shape index (κ1) is 11.6. The van der Waals surface area contributed by atoms with Crippen molar-refractivity contribution in [1.29, 1.82) is 0 Å². The molecule has 5 heteroatoms. The van der Waals surface area contributed by atoms with Gasteiger partial charge in [-0.25, -0.2) is 4.79 Å². The Morgan fingerprint density at radius 1 is 1.29 bits per heavy atom. The minimum absolute atomic E-state index is 0.145. The molecule has 0 aliphatic rings. The summed E-state index contributed by atoms with van der Waals surface area (Å²) in [6.45, 7) is 0. The first-order valence-corrected chi connectivity index (χ1v) is 5.94. The van der Waals surface area contributed by atoms with Crippen molar-refractivity contribution in [2.75, 3.05) is 19.4 Å². The molecule has 1 aromatic heterocycles. The van der Waals surface area contributed by atoms with Crippen molar-refractivity contribution in [2.24, 2.45) is 0 Å². The summed E-state index contributed by atoms with van der Waals surface area (Å²) in [5.74, 6) is 0. The van der Waals surface area contributed by atoms with E-state index in [1.807, 2.05) is 36.4 Å². The number of aromatic nitrogens is 1. The van der Waals surface area contributed by atoms with Gasteiger partial charge in [0.15, 0.2) is 0 Å². The van der Waals surface area contributed by atoms with Crippen molar-refractivity contribution in [3.05, 3.63) is 36.4 Å². The maximum atomic E-state index is 11.5. The number of carbonyl (C=O) groups excluding carboxylic acids is 1. The predicted molar refractivity (Wildman–Crippen MR) is 70.3 cm³/mol. The normalized spacial score (nSPS) is 10.0. The number of hydrogen-bond donors (Lipinski definition) is 1. The summed E-state index contributed by atoms with van der Waals surface area (Å²) in [5, 5.41) is 3.53. The number of amides is 2. The number of carbonyl (C=O) groups is 1. The second-order valence-corrected chi connectivity index (χ2v) is 4.57. The van der Waals surface area contributed by atoms with Crippen LogP contribution in [0, 0.1) is 0 Å². The minimum Gasteiger partial charge on any atom is -0.331 e. The van der Waals surface area contributed by atoms with Gasteiger partial charge >= 0.3 is 6.03 Å². The molecule has 0 bridgehead atoms. The lowest BCUT2D eigenvalue weighted by atomic mass is 10.2. The molecular formula is C12H13N3OS. The van der Waals surface area contributed by atoms with Gasteiger partial charge in [-0.3, -0.25) is 5.32 Å². The Morgan fingerprint density at radius 3 is 2.65 bits per heavy atom. The Morgan fingerprint density at radius 2 is 2.00 bits per heavy atom. The number of hydrogen-bond acceptors (Lipinski definition) is 3. The Kier molecular flexibility index (Phi) is 3.39. The molecule has 0 atom stereocenters.